The predicted octanol–water partition coefficient (Wildman–Crippen LogP) is 3.30. The predicted molar refractivity (Wildman–Crippen MR) is 105 cm³/mol. The molecule has 1 aliphatic rings. The second-order valence-electron chi connectivity index (χ2n) is 7.22. The molecular formula is C20H24N6O. The van der Waals surface area contributed by atoms with E-state index in [4.69, 9.17) is 0 Å². The maximum absolute atomic E-state index is 12.2. The van der Waals surface area contributed by atoms with Gasteiger partial charge in [-0.25, -0.2) is 4.98 Å². The summed E-state index contributed by atoms with van der Waals surface area (Å²) < 4.78 is 1.76. The molecule has 1 saturated heterocycles. The second kappa shape index (κ2) is 6.98. The molecule has 7 heteroatoms. The number of aromatic nitrogens is 4. The first-order chi connectivity index (χ1) is 13.0. The lowest BCUT2D eigenvalue weighted by Crippen LogP contribution is -2.25. The van der Waals surface area contributed by atoms with Gasteiger partial charge in [0.25, 0.3) is 0 Å². The van der Waals surface area contributed by atoms with Crippen molar-refractivity contribution in [3.63, 3.8) is 0 Å². The first kappa shape index (κ1) is 17.5. The summed E-state index contributed by atoms with van der Waals surface area (Å²) in [6.45, 7) is 7.49. The van der Waals surface area contributed by atoms with Gasteiger partial charge in [0.05, 0.1) is 6.20 Å². The van der Waals surface area contributed by atoms with Crippen molar-refractivity contribution in [1.82, 2.24) is 19.6 Å². The summed E-state index contributed by atoms with van der Waals surface area (Å²) in [6.07, 6.45) is 3.40. The zero-order chi connectivity index (χ0) is 19.0. The topological polar surface area (TPSA) is 75.4 Å². The minimum Gasteiger partial charge on any atom is -0.350 e. The van der Waals surface area contributed by atoms with Crippen LogP contribution in [0.4, 0.5) is 11.6 Å². The van der Waals surface area contributed by atoms with Gasteiger partial charge >= 0.3 is 0 Å². The Balaban J connectivity index is 1.64. The molecule has 1 amide bonds. The highest BCUT2D eigenvalue weighted by Crippen LogP contribution is 2.26. The normalized spacial score (nSPS) is 14.5. The monoisotopic (exact) mass is 364 g/mol. The molecule has 2 aromatic heterocycles. The Morgan fingerprint density at radius 2 is 2.04 bits per heavy atom. The summed E-state index contributed by atoms with van der Waals surface area (Å²) in [5.41, 5.74) is 3.97. The number of carbonyl (C=O) groups excluding carboxylic acids is 1. The highest BCUT2D eigenvalue weighted by molar-refractivity contribution is 5.96. The van der Waals surface area contributed by atoms with Gasteiger partial charge in [-0.15, -0.1) is 0 Å². The number of carbonyl (C=O) groups is 1. The van der Waals surface area contributed by atoms with Crippen LogP contribution in [0.25, 0.3) is 5.65 Å². The third-order valence-electron chi connectivity index (χ3n) is 4.92. The molecule has 0 spiro atoms. The number of rotatable bonds is 5. The SMILES string of the molecule is Cc1nc(NCc2ccccc2N2CCCC2=O)n2ncc(C(C)C)c2n1. The Bertz CT molecular complexity index is 993. The maximum atomic E-state index is 12.2. The molecule has 140 valence electrons. The Kier molecular flexibility index (Phi) is 4.51. The Morgan fingerprint density at radius 1 is 1.22 bits per heavy atom. The number of hydrogen-bond donors (Lipinski definition) is 1. The van der Waals surface area contributed by atoms with Crippen LogP contribution in [0.15, 0.2) is 30.5 Å². The van der Waals surface area contributed by atoms with Crippen LogP contribution in [0.1, 0.15) is 49.6 Å². The molecule has 0 saturated carbocycles. The van der Waals surface area contributed by atoms with Crippen molar-refractivity contribution in [3.05, 3.63) is 47.4 Å². The fourth-order valence-electron chi connectivity index (χ4n) is 3.52. The summed E-state index contributed by atoms with van der Waals surface area (Å²) in [4.78, 5) is 23.1. The first-order valence-electron chi connectivity index (χ1n) is 9.39. The van der Waals surface area contributed by atoms with E-state index in [9.17, 15) is 4.79 Å². The smallest absolute Gasteiger partial charge is 0.227 e. The van der Waals surface area contributed by atoms with E-state index in [-0.39, 0.29) is 5.91 Å². The van der Waals surface area contributed by atoms with Crippen LogP contribution in [0.2, 0.25) is 0 Å². The van der Waals surface area contributed by atoms with E-state index >= 15 is 0 Å². The molecule has 0 unspecified atom stereocenters. The fourth-order valence-corrected chi connectivity index (χ4v) is 3.52. The number of nitrogens with zero attached hydrogens (tertiary/aromatic N) is 5. The highest BCUT2D eigenvalue weighted by Gasteiger charge is 2.23. The molecule has 1 aliphatic heterocycles. The van der Waals surface area contributed by atoms with Gasteiger partial charge in [-0.05, 0) is 30.9 Å². The Labute approximate surface area is 158 Å². The van der Waals surface area contributed by atoms with E-state index in [1.807, 2.05) is 42.3 Å². The zero-order valence-electron chi connectivity index (χ0n) is 15.9. The van der Waals surface area contributed by atoms with Crippen LogP contribution < -0.4 is 10.2 Å². The van der Waals surface area contributed by atoms with Crippen LogP contribution in [-0.4, -0.2) is 32.0 Å². The molecule has 1 aromatic carbocycles. The van der Waals surface area contributed by atoms with Gasteiger partial charge in [0.15, 0.2) is 5.65 Å². The molecule has 0 atom stereocenters. The summed E-state index contributed by atoms with van der Waals surface area (Å²) in [7, 11) is 0. The van der Waals surface area contributed by atoms with Crippen LogP contribution >= 0.6 is 0 Å². The maximum Gasteiger partial charge on any atom is 0.227 e. The molecule has 1 N–H and O–H groups in total. The molecule has 1 fully saturated rings. The van der Waals surface area contributed by atoms with E-state index < -0.39 is 0 Å². The number of hydrogen-bond acceptors (Lipinski definition) is 5. The van der Waals surface area contributed by atoms with Gasteiger partial charge in [-0.1, -0.05) is 32.0 Å². The minimum atomic E-state index is 0.191. The molecular weight excluding hydrogens is 340 g/mol. The van der Waals surface area contributed by atoms with Gasteiger partial charge < -0.3 is 10.2 Å². The summed E-state index contributed by atoms with van der Waals surface area (Å²) in [5.74, 6) is 1.89. The van der Waals surface area contributed by atoms with E-state index in [1.54, 1.807) is 4.52 Å². The number of aryl methyl sites for hydroxylation is 1. The molecule has 3 aromatic rings. The number of anilines is 2. The molecule has 4 rings (SSSR count). The number of fused-ring (bicyclic) bond motifs is 1. The molecule has 0 radical (unpaired) electrons. The Morgan fingerprint density at radius 3 is 2.78 bits per heavy atom. The number of nitrogens with one attached hydrogen (secondary N) is 1. The number of para-hydroxylation sites is 1. The van der Waals surface area contributed by atoms with Crippen molar-refractivity contribution in [2.75, 3.05) is 16.8 Å². The third kappa shape index (κ3) is 3.25. The summed E-state index contributed by atoms with van der Waals surface area (Å²) >= 11 is 0. The van der Waals surface area contributed by atoms with Gasteiger partial charge in [0, 0.05) is 30.8 Å². The van der Waals surface area contributed by atoms with Crippen molar-refractivity contribution in [1.29, 1.82) is 0 Å². The lowest BCUT2D eigenvalue weighted by atomic mass is 10.1. The fraction of sp³-hybridized carbons (Fsp3) is 0.400. The van der Waals surface area contributed by atoms with Crippen molar-refractivity contribution in [2.24, 2.45) is 0 Å². The molecule has 0 bridgehead atoms. The zero-order valence-corrected chi connectivity index (χ0v) is 15.9. The quantitative estimate of drug-likeness (QED) is 0.752. The lowest BCUT2D eigenvalue weighted by Gasteiger charge is -2.20. The van der Waals surface area contributed by atoms with E-state index in [0.29, 0.717) is 30.7 Å². The highest BCUT2D eigenvalue weighted by atomic mass is 16.2. The average molecular weight is 364 g/mol. The van der Waals surface area contributed by atoms with Crippen LogP contribution in [0, 0.1) is 6.92 Å². The molecule has 0 aliphatic carbocycles. The van der Waals surface area contributed by atoms with Crippen LogP contribution in [0.3, 0.4) is 0 Å². The molecule has 3 heterocycles. The molecule has 7 nitrogen and oxygen atoms in total. The molecule has 27 heavy (non-hydrogen) atoms. The van der Waals surface area contributed by atoms with Gasteiger partial charge in [-0.3, -0.25) is 4.79 Å². The van der Waals surface area contributed by atoms with Crippen molar-refractivity contribution >= 4 is 23.2 Å². The van der Waals surface area contributed by atoms with E-state index in [1.165, 1.54) is 0 Å². The number of benzene rings is 1. The van der Waals surface area contributed by atoms with Crippen molar-refractivity contribution in [2.45, 2.75) is 46.1 Å². The standard InChI is InChI=1S/C20H24N6O/c1-13(2)16-12-22-26-19(16)23-14(3)24-20(26)21-11-15-7-4-5-8-17(15)25-10-6-9-18(25)27/h4-5,7-8,12-13H,6,9-11H2,1-3H3,(H,21,23,24). The first-order valence-corrected chi connectivity index (χ1v) is 9.39. The van der Waals surface area contributed by atoms with Gasteiger partial charge in [0.2, 0.25) is 11.9 Å². The Hall–Kier alpha value is -2.96. The van der Waals surface area contributed by atoms with E-state index in [2.05, 4.69) is 34.2 Å². The van der Waals surface area contributed by atoms with Crippen LogP contribution in [0.5, 0.6) is 0 Å². The summed E-state index contributed by atoms with van der Waals surface area (Å²) in [5, 5.41) is 7.86. The largest absolute Gasteiger partial charge is 0.350 e. The van der Waals surface area contributed by atoms with Gasteiger partial charge in [-0.2, -0.15) is 14.6 Å². The van der Waals surface area contributed by atoms with Gasteiger partial charge in [0.1, 0.15) is 5.82 Å². The third-order valence-corrected chi connectivity index (χ3v) is 4.92. The average Bonchev–Trinajstić information content (AvgIpc) is 3.26. The minimum absolute atomic E-state index is 0.191. The lowest BCUT2D eigenvalue weighted by molar-refractivity contribution is -0.117. The van der Waals surface area contributed by atoms with Crippen molar-refractivity contribution in [3.8, 4) is 0 Å². The second-order valence-corrected chi connectivity index (χ2v) is 7.22. The summed E-state index contributed by atoms with van der Waals surface area (Å²) in [6, 6.07) is 8.01. The number of amides is 1. The van der Waals surface area contributed by atoms with Crippen LogP contribution in [-0.2, 0) is 11.3 Å². The van der Waals surface area contributed by atoms with E-state index in [0.717, 1.165) is 35.4 Å². The van der Waals surface area contributed by atoms with Crippen molar-refractivity contribution < 1.29 is 4.79 Å².